The smallest absolute Gasteiger partial charge is 0.663 e. The van der Waals surface area contributed by atoms with Crippen molar-refractivity contribution in [1.29, 1.82) is 0 Å². The molecule has 0 aliphatic rings. The third-order valence-electron chi connectivity index (χ3n) is 6.35. The Hall–Kier alpha value is -4.26. The van der Waals surface area contributed by atoms with Crippen molar-refractivity contribution < 1.29 is 20.4 Å². The molecule has 228 valence electrons. The molecule has 4 aromatic carbocycles. The van der Waals surface area contributed by atoms with E-state index in [9.17, 15) is 0 Å². The summed E-state index contributed by atoms with van der Waals surface area (Å²) in [6.45, 7) is 3.94. The van der Waals surface area contributed by atoms with Gasteiger partial charge in [0.05, 0.1) is 11.4 Å². The summed E-state index contributed by atoms with van der Waals surface area (Å²) in [5.41, 5.74) is 18.5. The summed E-state index contributed by atoms with van der Waals surface area (Å²) in [5, 5.41) is 0. The van der Waals surface area contributed by atoms with Gasteiger partial charge in [-0.3, -0.25) is 9.98 Å². The molecule has 0 unspecified atom stereocenters. The maximum atomic E-state index is 5.70. The van der Waals surface area contributed by atoms with Crippen LogP contribution in [0.15, 0.2) is 163 Å². The monoisotopic (exact) mass is 718 g/mol. The second kappa shape index (κ2) is 16.7. The average Bonchev–Trinajstić information content (AvgIpc) is 3.78. The van der Waals surface area contributed by atoms with Gasteiger partial charge >= 0.3 is 20.4 Å². The van der Waals surface area contributed by atoms with E-state index in [1.165, 1.54) is 19.6 Å². The van der Waals surface area contributed by atoms with Crippen LogP contribution in [0.1, 0.15) is 25.2 Å². The van der Waals surface area contributed by atoms with Gasteiger partial charge < -0.3 is 21.4 Å². The van der Waals surface area contributed by atoms with Crippen LogP contribution in [-0.2, 0) is 20.4 Å². The topological polar surface area (TPSA) is 105 Å². The zero-order valence-electron chi connectivity index (χ0n) is 24.8. The molecule has 45 heavy (non-hydrogen) atoms. The Morgan fingerprint density at radius 1 is 0.489 bits per heavy atom. The maximum absolute atomic E-state index is 5.70. The predicted octanol–water partition coefficient (Wildman–Crippen LogP) is 9.03. The van der Waals surface area contributed by atoms with Gasteiger partial charge in [0.25, 0.3) is 0 Å². The Morgan fingerprint density at radius 3 is 1.09 bits per heavy atom. The number of aliphatic imine (C=N–C) groups is 2. The van der Waals surface area contributed by atoms with Gasteiger partial charge in [0.15, 0.2) is 0 Å². The number of rotatable bonds is 8. The van der Waals surface area contributed by atoms with Crippen molar-refractivity contribution in [3.8, 4) is 0 Å². The van der Waals surface area contributed by atoms with Gasteiger partial charge in [-0.25, -0.2) is 0 Å². The van der Waals surface area contributed by atoms with Crippen molar-refractivity contribution in [3.05, 3.63) is 145 Å². The van der Waals surface area contributed by atoms with Crippen molar-refractivity contribution in [2.45, 2.75) is 33.4 Å². The fourth-order valence-electron chi connectivity index (χ4n) is 4.05. The third-order valence-corrected chi connectivity index (χ3v) is 8.38. The Labute approximate surface area is 286 Å². The molecule has 2 heterocycles. The molecule has 0 saturated heterocycles. The molecule has 6 rings (SSSR count). The Balaban J connectivity index is 0.000000200. The van der Waals surface area contributed by atoms with E-state index in [1.807, 2.05) is 111 Å². The number of nitrogen functional groups attached to an aromatic ring is 2. The summed E-state index contributed by atoms with van der Waals surface area (Å²) >= 11 is 3.41. The molecular weight excluding hydrogens is 687 g/mol. The van der Waals surface area contributed by atoms with Gasteiger partial charge in [0.2, 0.25) is 0 Å². The number of benzene rings is 4. The zero-order valence-corrected chi connectivity index (χ0v) is 28.0. The Kier molecular flexibility index (Phi) is 12.5. The molecular formula is C36H32N6PdS2. The molecule has 0 radical (unpaired) electrons. The maximum Gasteiger partial charge on any atom is 2.00 e. The number of anilines is 2. The molecule has 0 aliphatic carbocycles. The van der Waals surface area contributed by atoms with Crippen LogP contribution in [0.3, 0.4) is 0 Å². The zero-order chi connectivity index (χ0) is 30.7. The minimum Gasteiger partial charge on any atom is -0.663 e. The number of aromatic nitrogens is 2. The van der Waals surface area contributed by atoms with Crippen molar-refractivity contribution in [2.24, 2.45) is 9.98 Å². The van der Waals surface area contributed by atoms with Gasteiger partial charge in [-0.2, -0.15) is 12.4 Å². The first-order valence-corrected chi connectivity index (χ1v) is 15.6. The van der Waals surface area contributed by atoms with Crippen LogP contribution in [0.2, 0.25) is 0 Å². The minimum absolute atomic E-state index is 0. The van der Waals surface area contributed by atoms with Gasteiger partial charge in [-0.15, -0.1) is 11.4 Å². The molecule has 0 aliphatic heterocycles. The van der Waals surface area contributed by atoms with Crippen molar-refractivity contribution >= 4 is 57.7 Å². The van der Waals surface area contributed by atoms with E-state index in [-0.39, 0.29) is 20.4 Å². The molecule has 9 heteroatoms. The van der Waals surface area contributed by atoms with E-state index in [0.717, 1.165) is 45.6 Å². The molecule has 0 amide bonds. The second-order valence-electron chi connectivity index (χ2n) is 9.77. The van der Waals surface area contributed by atoms with E-state index in [1.54, 1.807) is 35.9 Å². The summed E-state index contributed by atoms with van der Waals surface area (Å²) in [4.78, 5) is 22.4. The summed E-state index contributed by atoms with van der Waals surface area (Å²) in [7, 11) is 0. The molecule has 0 saturated carbocycles. The number of nitrogens with zero attached hydrogens (tertiary/aromatic N) is 4. The summed E-state index contributed by atoms with van der Waals surface area (Å²) in [6, 6.07) is 39.9. The van der Waals surface area contributed by atoms with Crippen LogP contribution in [-0.4, -0.2) is 11.4 Å². The van der Waals surface area contributed by atoms with Crippen LogP contribution in [0.25, 0.3) is 0 Å². The fourth-order valence-corrected chi connectivity index (χ4v) is 5.69. The minimum atomic E-state index is 0. The molecule has 0 fully saturated rings. The quantitative estimate of drug-likeness (QED) is 0.0925. The average molecular weight is 719 g/mol. The molecule has 2 aromatic heterocycles. The van der Waals surface area contributed by atoms with Crippen LogP contribution < -0.4 is 21.4 Å². The molecule has 0 spiro atoms. The van der Waals surface area contributed by atoms with Crippen LogP contribution in [0.5, 0.6) is 0 Å². The van der Waals surface area contributed by atoms with Gasteiger partial charge in [-0.05, 0) is 111 Å². The predicted molar refractivity (Wildman–Crippen MR) is 186 cm³/mol. The Bertz CT molecular complexity index is 1660. The van der Waals surface area contributed by atoms with Crippen LogP contribution in [0, 0.1) is 0 Å². The normalized spacial score (nSPS) is 11.3. The molecule has 4 N–H and O–H groups in total. The van der Waals surface area contributed by atoms with Crippen molar-refractivity contribution in [3.63, 3.8) is 0 Å². The van der Waals surface area contributed by atoms with E-state index in [4.69, 9.17) is 11.5 Å². The molecule has 6 aromatic rings. The van der Waals surface area contributed by atoms with Crippen molar-refractivity contribution in [1.82, 2.24) is 9.97 Å². The fraction of sp³-hybridized carbons (Fsp3) is 0.0556. The van der Waals surface area contributed by atoms with E-state index in [0.29, 0.717) is 0 Å². The van der Waals surface area contributed by atoms with Crippen molar-refractivity contribution in [2.75, 3.05) is 11.5 Å². The summed E-state index contributed by atoms with van der Waals surface area (Å²) in [5.74, 6) is 0. The summed E-state index contributed by atoms with van der Waals surface area (Å²) in [6.07, 6.45) is 3.56. The number of nitrogens with two attached hydrogens (primary N) is 2. The number of hydrogen-bond donors (Lipinski definition) is 2. The first kappa shape index (κ1) is 33.6. The van der Waals surface area contributed by atoms with Crippen LogP contribution >= 0.6 is 23.5 Å². The van der Waals surface area contributed by atoms with Gasteiger partial charge in [-0.1, -0.05) is 47.8 Å². The van der Waals surface area contributed by atoms with E-state index < -0.39 is 0 Å². The Morgan fingerprint density at radius 2 is 0.800 bits per heavy atom. The second-order valence-corrected chi connectivity index (χ2v) is 12.1. The summed E-state index contributed by atoms with van der Waals surface area (Å²) < 4.78 is 0. The SMILES string of the molecule is CC(=Nc1ccc(Sc2ccc(N)cc2)cc1)c1ccc[n-]1.CC(=Nc1ccc(Sc2ccc(N)cc2)cc1)c1ccc[n-]1.[Pd+2]. The van der Waals surface area contributed by atoms with Crippen LogP contribution in [0.4, 0.5) is 22.7 Å². The van der Waals surface area contributed by atoms with E-state index in [2.05, 4.69) is 44.2 Å². The number of hydrogen-bond acceptors (Lipinski definition) is 6. The molecule has 0 bridgehead atoms. The first-order chi connectivity index (χ1) is 21.4. The largest absolute Gasteiger partial charge is 2.00 e. The third kappa shape index (κ3) is 10.4. The molecule has 6 nitrogen and oxygen atoms in total. The molecule has 0 atom stereocenters. The van der Waals surface area contributed by atoms with Gasteiger partial charge in [0, 0.05) is 42.4 Å². The van der Waals surface area contributed by atoms with E-state index >= 15 is 0 Å². The van der Waals surface area contributed by atoms with Gasteiger partial charge in [0.1, 0.15) is 0 Å². The first-order valence-electron chi connectivity index (χ1n) is 13.9. The standard InChI is InChI=1S/2C18H16N3S.Pd/c2*1-13(18-3-2-12-20-18)21-15-6-10-17(11-7-15)22-16-8-4-14(19)5-9-16;/h2*2-12H,19H2,1H3;/q2*-1;+2.